The van der Waals surface area contributed by atoms with Gasteiger partial charge in [-0.2, -0.15) is 0 Å². The Morgan fingerprint density at radius 1 is 1.07 bits per heavy atom. The van der Waals surface area contributed by atoms with Gasteiger partial charge in [0.25, 0.3) is 10.0 Å². The third-order valence-corrected chi connectivity index (χ3v) is 6.98. The van der Waals surface area contributed by atoms with Crippen LogP contribution in [-0.4, -0.2) is 51.7 Å². The van der Waals surface area contributed by atoms with E-state index in [1.54, 1.807) is 69.5 Å². The SMILES string of the molecule is Cc1cc(C)nc(NS(=O)(=O)c2ccc(N=Cc3ccc(C(=O)OCCn4c([N+](=O)[O-])cnc4C)cc3)cc2)n1. The predicted octanol–water partition coefficient (Wildman–Crippen LogP) is 3.91. The van der Waals surface area contributed by atoms with Crippen LogP contribution in [0.2, 0.25) is 0 Å². The zero-order valence-electron chi connectivity index (χ0n) is 21.8. The second-order valence-corrected chi connectivity index (χ2v) is 10.3. The lowest BCUT2D eigenvalue weighted by molar-refractivity contribution is -0.392. The summed E-state index contributed by atoms with van der Waals surface area (Å²) in [6.45, 7) is 5.18. The Kier molecular flexibility index (Phi) is 8.29. The predicted molar refractivity (Wildman–Crippen MR) is 146 cm³/mol. The third kappa shape index (κ3) is 6.91. The lowest BCUT2D eigenvalue weighted by atomic mass is 10.1. The lowest BCUT2D eigenvalue weighted by Gasteiger charge is -2.08. The number of benzene rings is 2. The quantitative estimate of drug-likeness (QED) is 0.130. The first-order valence-electron chi connectivity index (χ1n) is 11.9. The first-order valence-corrected chi connectivity index (χ1v) is 13.4. The summed E-state index contributed by atoms with van der Waals surface area (Å²) in [5.41, 5.74) is 2.83. The maximum Gasteiger partial charge on any atom is 0.342 e. The topological polar surface area (TPSA) is 172 Å². The molecule has 1 N–H and O–H groups in total. The summed E-state index contributed by atoms with van der Waals surface area (Å²) in [6, 6.07) is 14.2. The number of rotatable bonds is 10. The van der Waals surface area contributed by atoms with Crippen molar-refractivity contribution in [2.24, 2.45) is 4.99 Å². The van der Waals surface area contributed by atoms with Gasteiger partial charge in [0.05, 0.1) is 16.1 Å². The number of aliphatic imine (C=N–C) groups is 1. The largest absolute Gasteiger partial charge is 0.458 e. The van der Waals surface area contributed by atoms with Crippen LogP contribution in [0.25, 0.3) is 0 Å². The molecule has 4 rings (SSSR count). The maximum atomic E-state index is 12.7. The average Bonchev–Trinajstić information content (AvgIpc) is 3.27. The molecule has 14 heteroatoms. The number of hydrogen-bond donors (Lipinski definition) is 1. The van der Waals surface area contributed by atoms with Gasteiger partial charge in [0.2, 0.25) is 5.95 Å². The van der Waals surface area contributed by atoms with Crippen molar-refractivity contribution in [1.29, 1.82) is 0 Å². The van der Waals surface area contributed by atoms with Crippen molar-refractivity contribution in [3.05, 3.63) is 99.2 Å². The number of ether oxygens (including phenoxy) is 1. The monoisotopic (exact) mass is 563 g/mol. The molecule has 0 bridgehead atoms. The van der Waals surface area contributed by atoms with Gasteiger partial charge in [0.1, 0.15) is 19.3 Å². The Labute approximate surface area is 229 Å². The summed E-state index contributed by atoms with van der Waals surface area (Å²) < 4.78 is 34.4. The van der Waals surface area contributed by atoms with Gasteiger partial charge in [-0.05, 0) is 66.8 Å². The molecule has 206 valence electrons. The smallest absolute Gasteiger partial charge is 0.342 e. The highest BCUT2D eigenvalue weighted by Gasteiger charge is 2.18. The third-order valence-electron chi connectivity index (χ3n) is 5.63. The molecule has 2 aromatic carbocycles. The van der Waals surface area contributed by atoms with Gasteiger partial charge >= 0.3 is 11.8 Å². The fraction of sp³-hybridized carbons (Fsp3) is 0.192. The van der Waals surface area contributed by atoms with Gasteiger partial charge in [0.15, 0.2) is 5.82 Å². The summed E-state index contributed by atoms with van der Waals surface area (Å²) in [5.74, 6) is -0.284. The summed E-state index contributed by atoms with van der Waals surface area (Å²) >= 11 is 0. The molecule has 2 aromatic heterocycles. The zero-order valence-corrected chi connectivity index (χ0v) is 22.6. The fourth-order valence-electron chi connectivity index (χ4n) is 3.71. The summed E-state index contributed by atoms with van der Waals surface area (Å²) in [4.78, 5) is 39.4. The number of esters is 1. The zero-order chi connectivity index (χ0) is 28.9. The highest BCUT2D eigenvalue weighted by atomic mass is 32.2. The van der Waals surface area contributed by atoms with E-state index in [0.29, 0.717) is 34.0 Å². The minimum atomic E-state index is -3.88. The van der Waals surface area contributed by atoms with Crippen molar-refractivity contribution in [2.75, 3.05) is 11.3 Å². The number of nitro groups is 1. The molecular weight excluding hydrogens is 538 g/mol. The van der Waals surface area contributed by atoms with E-state index in [1.165, 1.54) is 16.7 Å². The maximum absolute atomic E-state index is 12.7. The average molecular weight is 564 g/mol. The second-order valence-electron chi connectivity index (χ2n) is 8.66. The summed E-state index contributed by atoms with van der Waals surface area (Å²) in [7, 11) is -3.88. The Balaban J connectivity index is 1.33. The number of hydrogen-bond acceptors (Lipinski definition) is 10. The van der Waals surface area contributed by atoms with Gasteiger partial charge < -0.3 is 14.9 Å². The van der Waals surface area contributed by atoms with Gasteiger partial charge in [-0.3, -0.25) is 4.99 Å². The minimum absolute atomic E-state index is 0.00389. The number of carbonyl (C=O) groups is 1. The molecule has 4 aromatic rings. The van der Waals surface area contributed by atoms with E-state index < -0.39 is 20.9 Å². The van der Waals surface area contributed by atoms with Gasteiger partial charge in [-0.25, -0.2) is 37.5 Å². The Morgan fingerprint density at radius 2 is 1.73 bits per heavy atom. The standard InChI is InChI=1S/C26H25N7O6S/c1-17-14-18(2)30-26(29-17)31-40(37,38)23-10-8-22(9-11-23)28-15-20-4-6-21(7-5-20)25(34)39-13-12-32-19(3)27-16-24(32)33(35)36/h4-11,14-16H,12-13H2,1-3H3,(H,29,30,31). The van der Waals surface area contributed by atoms with E-state index in [-0.39, 0.29) is 29.8 Å². The molecule has 0 saturated heterocycles. The van der Waals surface area contributed by atoms with E-state index in [0.717, 1.165) is 6.20 Å². The number of anilines is 1. The Morgan fingerprint density at radius 3 is 2.35 bits per heavy atom. The summed E-state index contributed by atoms with van der Waals surface area (Å²) in [5, 5.41) is 11.1. The molecular formula is C26H25N7O6S. The van der Waals surface area contributed by atoms with Crippen LogP contribution in [0.1, 0.15) is 33.1 Å². The van der Waals surface area contributed by atoms with Crippen LogP contribution in [-0.2, 0) is 21.3 Å². The number of aromatic nitrogens is 4. The highest BCUT2D eigenvalue weighted by molar-refractivity contribution is 7.92. The Bertz CT molecular complexity index is 1660. The molecule has 13 nitrogen and oxygen atoms in total. The van der Waals surface area contributed by atoms with E-state index >= 15 is 0 Å². The lowest BCUT2D eigenvalue weighted by Crippen LogP contribution is -2.15. The first-order chi connectivity index (χ1) is 19.0. The number of carbonyl (C=O) groups excluding carboxylic acids is 1. The van der Waals surface area contributed by atoms with Crippen molar-refractivity contribution in [2.45, 2.75) is 32.2 Å². The van der Waals surface area contributed by atoms with E-state index in [9.17, 15) is 23.3 Å². The number of nitrogens with zero attached hydrogens (tertiary/aromatic N) is 6. The van der Waals surface area contributed by atoms with Gasteiger partial charge in [0, 0.05) is 24.5 Å². The molecule has 40 heavy (non-hydrogen) atoms. The van der Waals surface area contributed by atoms with Crippen molar-refractivity contribution >= 4 is 39.7 Å². The van der Waals surface area contributed by atoms with Crippen LogP contribution in [0.15, 0.2) is 70.7 Å². The molecule has 0 radical (unpaired) electrons. The minimum Gasteiger partial charge on any atom is -0.458 e. The van der Waals surface area contributed by atoms with Crippen molar-refractivity contribution in [3.8, 4) is 0 Å². The molecule has 2 heterocycles. The number of nitrogens with one attached hydrogen (secondary N) is 1. The van der Waals surface area contributed by atoms with Crippen LogP contribution < -0.4 is 4.72 Å². The molecule has 0 spiro atoms. The van der Waals surface area contributed by atoms with Crippen molar-refractivity contribution < 1.29 is 22.9 Å². The van der Waals surface area contributed by atoms with Gasteiger partial charge in [-0.15, -0.1) is 0 Å². The number of sulfonamides is 1. The van der Waals surface area contributed by atoms with E-state index in [2.05, 4.69) is 24.7 Å². The van der Waals surface area contributed by atoms with Crippen LogP contribution >= 0.6 is 0 Å². The molecule has 0 saturated carbocycles. The second kappa shape index (κ2) is 11.8. The fourth-order valence-corrected chi connectivity index (χ4v) is 4.65. The molecule has 0 fully saturated rings. The number of aryl methyl sites for hydroxylation is 3. The van der Waals surface area contributed by atoms with E-state index in [1.807, 2.05) is 0 Å². The molecule has 0 aliphatic rings. The molecule has 0 aliphatic carbocycles. The molecule has 0 amide bonds. The van der Waals surface area contributed by atoms with E-state index in [4.69, 9.17) is 4.74 Å². The van der Waals surface area contributed by atoms with Crippen LogP contribution in [0.4, 0.5) is 17.5 Å². The highest BCUT2D eigenvalue weighted by Crippen LogP contribution is 2.19. The first kappa shape index (κ1) is 28.0. The molecule has 0 aliphatic heterocycles. The summed E-state index contributed by atoms with van der Waals surface area (Å²) in [6.07, 6.45) is 2.73. The molecule has 0 atom stereocenters. The Hall–Kier alpha value is -4.98. The van der Waals surface area contributed by atoms with Crippen molar-refractivity contribution in [1.82, 2.24) is 19.5 Å². The van der Waals surface area contributed by atoms with Crippen molar-refractivity contribution in [3.63, 3.8) is 0 Å². The van der Waals surface area contributed by atoms with Crippen LogP contribution in [0, 0.1) is 30.9 Å². The van der Waals surface area contributed by atoms with Crippen LogP contribution in [0.5, 0.6) is 0 Å². The van der Waals surface area contributed by atoms with Crippen LogP contribution in [0.3, 0.4) is 0 Å². The van der Waals surface area contributed by atoms with Gasteiger partial charge in [-0.1, -0.05) is 12.1 Å². The normalized spacial score (nSPS) is 11.5. The molecule has 0 unspecified atom stereocenters. The number of imidazole rings is 1.